The molecule has 2 rings (SSSR count). The molecule has 6 nitrogen and oxygen atoms in total. The number of amides is 1. The minimum absolute atomic E-state index is 0.0234. The molecular formula is C16H25N3O3S2. The first kappa shape index (κ1) is 19.2. The molecule has 1 aliphatic rings. The molecule has 0 radical (unpaired) electrons. The maximum atomic E-state index is 12.7. The van der Waals surface area contributed by atoms with E-state index in [1.807, 2.05) is 33.8 Å². The lowest BCUT2D eigenvalue weighted by Crippen LogP contribution is -2.44. The molecule has 1 aromatic rings. The number of carbonyl (C=O) groups is 1. The first-order valence-corrected chi connectivity index (χ1v) is 10.9. The van der Waals surface area contributed by atoms with Crippen molar-refractivity contribution in [2.24, 2.45) is 5.92 Å². The Morgan fingerprint density at radius 2 is 2.08 bits per heavy atom. The van der Waals surface area contributed by atoms with E-state index in [4.69, 9.17) is 0 Å². The molecule has 2 heterocycles. The molecule has 24 heavy (non-hydrogen) atoms. The third-order valence-corrected chi connectivity index (χ3v) is 6.46. The molecule has 8 heteroatoms. The molecule has 0 aromatic carbocycles. The normalized spacial score (nSPS) is 19.6. The van der Waals surface area contributed by atoms with Crippen molar-refractivity contribution in [2.75, 3.05) is 23.8 Å². The van der Waals surface area contributed by atoms with Crippen molar-refractivity contribution in [3.63, 3.8) is 0 Å². The topological polar surface area (TPSA) is 80.2 Å². The van der Waals surface area contributed by atoms with Crippen LogP contribution < -0.4 is 0 Å². The molecule has 134 valence electrons. The summed E-state index contributed by atoms with van der Waals surface area (Å²) < 4.78 is 23.5. The number of thioether (sulfide) groups is 1. The van der Waals surface area contributed by atoms with E-state index in [1.165, 1.54) is 11.8 Å². The number of carbonyl (C=O) groups excluding carboxylic acids is 1. The number of aryl methyl sites for hydroxylation is 2. The standard InChI is InChI=1S/C16H25N3O3S2/c1-11(2)8-19(14-5-6-24(21,22)10-14)16(20)9-23-15-7-12(3)17-13(4)18-15/h7,11,14H,5-6,8-10H2,1-4H3. The molecule has 1 aromatic heterocycles. The Labute approximate surface area is 148 Å². The minimum atomic E-state index is -3.01. The van der Waals surface area contributed by atoms with Crippen molar-refractivity contribution in [3.05, 3.63) is 17.6 Å². The Kier molecular flexibility index (Phi) is 6.25. The fraction of sp³-hybridized carbons (Fsp3) is 0.688. The van der Waals surface area contributed by atoms with Crippen LogP contribution in [0.15, 0.2) is 11.1 Å². The number of sulfone groups is 1. The van der Waals surface area contributed by atoms with Gasteiger partial charge in [-0.1, -0.05) is 25.6 Å². The Morgan fingerprint density at radius 3 is 2.62 bits per heavy atom. The second-order valence-electron chi connectivity index (χ2n) is 6.68. The third-order valence-electron chi connectivity index (χ3n) is 3.82. The highest BCUT2D eigenvalue weighted by molar-refractivity contribution is 7.99. The van der Waals surface area contributed by atoms with E-state index in [2.05, 4.69) is 9.97 Å². The second kappa shape index (κ2) is 7.82. The first-order chi connectivity index (χ1) is 11.2. The minimum Gasteiger partial charge on any atom is -0.338 e. The van der Waals surface area contributed by atoms with Crippen LogP contribution in [0, 0.1) is 19.8 Å². The lowest BCUT2D eigenvalue weighted by atomic mass is 10.1. The van der Waals surface area contributed by atoms with E-state index >= 15 is 0 Å². The maximum Gasteiger partial charge on any atom is 0.233 e. The summed E-state index contributed by atoms with van der Waals surface area (Å²) in [6, 6.07) is 1.66. The van der Waals surface area contributed by atoms with Gasteiger partial charge in [-0.3, -0.25) is 4.79 Å². The van der Waals surface area contributed by atoms with Gasteiger partial charge in [-0.25, -0.2) is 18.4 Å². The molecule has 1 unspecified atom stereocenters. The van der Waals surface area contributed by atoms with Gasteiger partial charge >= 0.3 is 0 Å². The number of hydrogen-bond acceptors (Lipinski definition) is 6. The summed E-state index contributed by atoms with van der Waals surface area (Å²) in [6.45, 7) is 8.38. The molecule has 1 fully saturated rings. The van der Waals surface area contributed by atoms with Crippen LogP contribution >= 0.6 is 11.8 Å². The molecule has 1 atom stereocenters. The summed E-state index contributed by atoms with van der Waals surface area (Å²) in [4.78, 5) is 23.0. The summed E-state index contributed by atoms with van der Waals surface area (Å²) in [5.41, 5.74) is 0.873. The predicted octanol–water partition coefficient (Wildman–Crippen LogP) is 1.86. The predicted molar refractivity (Wildman–Crippen MR) is 95.8 cm³/mol. The zero-order valence-electron chi connectivity index (χ0n) is 14.7. The zero-order valence-corrected chi connectivity index (χ0v) is 16.3. The van der Waals surface area contributed by atoms with Gasteiger partial charge in [0.2, 0.25) is 5.91 Å². The van der Waals surface area contributed by atoms with Crippen molar-refractivity contribution >= 4 is 27.5 Å². The van der Waals surface area contributed by atoms with Crippen molar-refractivity contribution < 1.29 is 13.2 Å². The van der Waals surface area contributed by atoms with E-state index in [0.717, 1.165) is 10.7 Å². The van der Waals surface area contributed by atoms with Crippen molar-refractivity contribution in [3.8, 4) is 0 Å². The maximum absolute atomic E-state index is 12.7. The van der Waals surface area contributed by atoms with E-state index in [-0.39, 0.29) is 29.2 Å². The molecule has 0 aliphatic carbocycles. The molecule has 1 saturated heterocycles. The molecule has 0 saturated carbocycles. The van der Waals surface area contributed by atoms with Crippen LogP contribution in [0.2, 0.25) is 0 Å². The van der Waals surface area contributed by atoms with Crippen LogP contribution in [-0.4, -0.2) is 59.0 Å². The highest BCUT2D eigenvalue weighted by atomic mass is 32.2. The van der Waals surface area contributed by atoms with Crippen LogP contribution in [0.5, 0.6) is 0 Å². The second-order valence-corrected chi connectivity index (χ2v) is 9.90. The number of rotatable bonds is 6. The SMILES string of the molecule is Cc1cc(SCC(=O)N(CC(C)C)C2CCS(=O)(=O)C2)nc(C)n1. The average Bonchev–Trinajstić information content (AvgIpc) is 2.81. The lowest BCUT2D eigenvalue weighted by Gasteiger charge is -2.29. The van der Waals surface area contributed by atoms with Gasteiger partial charge in [-0.2, -0.15) is 0 Å². The highest BCUT2D eigenvalue weighted by Crippen LogP contribution is 2.22. The first-order valence-electron chi connectivity index (χ1n) is 8.11. The van der Waals surface area contributed by atoms with Crippen LogP contribution in [0.3, 0.4) is 0 Å². The van der Waals surface area contributed by atoms with Gasteiger partial charge < -0.3 is 4.90 Å². The zero-order chi connectivity index (χ0) is 17.9. The molecule has 1 amide bonds. The summed E-state index contributed by atoms with van der Waals surface area (Å²) in [5.74, 6) is 1.49. The summed E-state index contributed by atoms with van der Waals surface area (Å²) >= 11 is 1.38. The summed E-state index contributed by atoms with van der Waals surface area (Å²) in [5, 5.41) is 0.775. The van der Waals surface area contributed by atoms with Gasteiger partial charge in [-0.15, -0.1) is 0 Å². The van der Waals surface area contributed by atoms with E-state index < -0.39 is 9.84 Å². The molecule has 0 N–H and O–H groups in total. The molecule has 0 spiro atoms. The van der Waals surface area contributed by atoms with Gasteiger partial charge in [0.1, 0.15) is 10.9 Å². The van der Waals surface area contributed by atoms with Crippen LogP contribution in [0.25, 0.3) is 0 Å². The van der Waals surface area contributed by atoms with Gasteiger partial charge in [-0.05, 0) is 32.3 Å². The van der Waals surface area contributed by atoms with Gasteiger partial charge in [0.05, 0.1) is 17.3 Å². The van der Waals surface area contributed by atoms with E-state index in [9.17, 15) is 13.2 Å². The van der Waals surface area contributed by atoms with Crippen LogP contribution in [0.4, 0.5) is 0 Å². The number of nitrogens with zero attached hydrogens (tertiary/aromatic N) is 3. The fourth-order valence-corrected chi connectivity index (χ4v) is 5.46. The monoisotopic (exact) mass is 371 g/mol. The van der Waals surface area contributed by atoms with Crippen molar-refractivity contribution in [2.45, 2.75) is 45.2 Å². The van der Waals surface area contributed by atoms with Crippen molar-refractivity contribution in [1.29, 1.82) is 0 Å². The molecule has 0 bridgehead atoms. The van der Waals surface area contributed by atoms with E-state index in [1.54, 1.807) is 4.90 Å². The summed E-state index contributed by atoms with van der Waals surface area (Å²) in [6.07, 6.45) is 0.539. The Hall–Kier alpha value is -1.15. The highest BCUT2D eigenvalue weighted by Gasteiger charge is 2.34. The smallest absolute Gasteiger partial charge is 0.233 e. The fourth-order valence-electron chi connectivity index (χ4n) is 2.84. The molecular weight excluding hydrogens is 346 g/mol. The number of hydrogen-bond donors (Lipinski definition) is 0. The largest absolute Gasteiger partial charge is 0.338 e. The number of aromatic nitrogens is 2. The Bertz CT molecular complexity index is 684. The molecule has 1 aliphatic heterocycles. The Morgan fingerprint density at radius 1 is 1.38 bits per heavy atom. The van der Waals surface area contributed by atoms with Gasteiger partial charge in [0.25, 0.3) is 0 Å². The quantitative estimate of drug-likeness (QED) is 0.561. The Balaban J connectivity index is 2.04. The lowest BCUT2D eigenvalue weighted by molar-refractivity contribution is -0.130. The van der Waals surface area contributed by atoms with Gasteiger partial charge in [0.15, 0.2) is 9.84 Å². The average molecular weight is 372 g/mol. The third kappa shape index (κ3) is 5.44. The summed E-state index contributed by atoms with van der Waals surface area (Å²) in [7, 11) is -3.01. The van der Waals surface area contributed by atoms with Gasteiger partial charge in [0, 0.05) is 18.3 Å². The van der Waals surface area contributed by atoms with Crippen LogP contribution in [0.1, 0.15) is 31.8 Å². The van der Waals surface area contributed by atoms with Crippen LogP contribution in [-0.2, 0) is 14.6 Å². The van der Waals surface area contributed by atoms with E-state index in [0.29, 0.717) is 24.7 Å². The van der Waals surface area contributed by atoms with Crippen molar-refractivity contribution in [1.82, 2.24) is 14.9 Å².